The lowest BCUT2D eigenvalue weighted by Gasteiger charge is -2.01. The summed E-state index contributed by atoms with van der Waals surface area (Å²) >= 11 is 5.06. The second kappa shape index (κ2) is 5.85. The Morgan fingerprint density at radius 1 is 1.23 bits per heavy atom. The van der Waals surface area contributed by atoms with Crippen LogP contribution in [0.4, 0.5) is 0 Å². The fraction of sp³-hybridized carbons (Fsp3) is 0.286. The zero-order chi connectivity index (χ0) is 14.9. The van der Waals surface area contributed by atoms with Crippen LogP contribution in [0.3, 0.4) is 0 Å². The maximum Gasteiger partial charge on any atom is 0.248 e. The van der Waals surface area contributed by atoms with Gasteiger partial charge in [-0.2, -0.15) is 0 Å². The Morgan fingerprint density at radius 3 is 2.91 bits per heavy atom. The molecule has 1 saturated carbocycles. The van der Waals surface area contributed by atoms with E-state index in [1.54, 1.807) is 18.1 Å². The van der Waals surface area contributed by atoms with E-state index in [2.05, 4.69) is 40.9 Å². The first-order valence-electron chi connectivity index (χ1n) is 6.91. The smallest absolute Gasteiger partial charge is 0.248 e. The van der Waals surface area contributed by atoms with Gasteiger partial charge < -0.3 is 8.98 Å². The molecule has 0 unspecified atom stereocenters. The summed E-state index contributed by atoms with van der Waals surface area (Å²) in [4.78, 5) is 0. The van der Waals surface area contributed by atoms with Gasteiger partial charge in [0, 0.05) is 10.5 Å². The highest BCUT2D eigenvalue weighted by Gasteiger charge is 2.26. The van der Waals surface area contributed by atoms with Crippen molar-refractivity contribution in [2.45, 2.75) is 29.8 Å². The minimum Gasteiger partial charge on any atom is -0.420 e. The Morgan fingerprint density at radius 2 is 2.09 bits per heavy atom. The largest absolute Gasteiger partial charge is 0.420 e. The first-order valence-corrected chi connectivity index (χ1v) is 8.69. The standard InChI is InChI=1S/C14H12BrN5OS/c15-11-4-2-1-3-10(11)13-18-17-12(21-13)7-22-14-19-16-8-20(14)9-5-6-9/h1-4,8-9H,5-7H2. The number of rotatable bonds is 5. The Balaban J connectivity index is 1.48. The number of nitrogens with zero attached hydrogens (tertiary/aromatic N) is 5. The number of aromatic nitrogens is 5. The Kier molecular flexibility index (Phi) is 3.71. The lowest BCUT2D eigenvalue weighted by molar-refractivity contribution is 0.527. The van der Waals surface area contributed by atoms with E-state index >= 15 is 0 Å². The molecule has 1 aliphatic carbocycles. The van der Waals surface area contributed by atoms with Crippen molar-refractivity contribution in [3.8, 4) is 11.5 Å². The first kappa shape index (κ1) is 14.0. The number of halogens is 1. The second-order valence-electron chi connectivity index (χ2n) is 5.02. The summed E-state index contributed by atoms with van der Waals surface area (Å²) in [6.45, 7) is 0. The fourth-order valence-electron chi connectivity index (χ4n) is 2.12. The van der Waals surface area contributed by atoms with Crippen LogP contribution in [0.2, 0.25) is 0 Å². The van der Waals surface area contributed by atoms with E-state index in [0.29, 0.717) is 23.6 Å². The van der Waals surface area contributed by atoms with Gasteiger partial charge in [0.2, 0.25) is 11.8 Å². The van der Waals surface area contributed by atoms with Crippen LogP contribution >= 0.6 is 27.7 Å². The van der Waals surface area contributed by atoms with E-state index in [1.807, 2.05) is 24.3 Å². The minimum atomic E-state index is 0.520. The van der Waals surface area contributed by atoms with E-state index in [1.165, 1.54) is 12.8 Å². The average Bonchev–Trinajstić information content (AvgIpc) is 3.09. The van der Waals surface area contributed by atoms with Gasteiger partial charge in [-0.3, -0.25) is 0 Å². The van der Waals surface area contributed by atoms with Gasteiger partial charge in [0.15, 0.2) is 5.16 Å². The van der Waals surface area contributed by atoms with Crippen molar-refractivity contribution in [2.24, 2.45) is 0 Å². The van der Waals surface area contributed by atoms with Gasteiger partial charge in [-0.05, 0) is 40.9 Å². The molecule has 3 aromatic rings. The van der Waals surface area contributed by atoms with Crippen molar-refractivity contribution < 1.29 is 4.42 Å². The van der Waals surface area contributed by atoms with E-state index in [-0.39, 0.29) is 0 Å². The fourth-order valence-corrected chi connectivity index (χ4v) is 3.39. The lowest BCUT2D eigenvalue weighted by atomic mass is 10.2. The maximum absolute atomic E-state index is 5.73. The van der Waals surface area contributed by atoms with Crippen LogP contribution in [-0.4, -0.2) is 25.0 Å². The Bertz CT molecular complexity index is 798. The van der Waals surface area contributed by atoms with Gasteiger partial charge in [-0.15, -0.1) is 20.4 Å². The predicted octanol–water partition coefficient (Wildman–Crippen LogP) is 3.72. The average molecular weight is 378 g/mol. The third-order valence-electron chi connectivity index (χ3n) is 3.38. The molecule has 4 rings (SSSR count). The maximum atomic E-state index is 5.73. The number of hydrogen-bond donors (Lipinski definition) is 0. The molecule has 0 saturated heterocycles. The molecule has 0 bridgehead atoms. The molecule has 8 heteroatoms. The monoisotopic (exact) mass is 377 g/mol. The van der Waals surface area contributed by atoms with Crippen molar-refractivity contribution in [1.29, 1.82) is 0 Å². The predicted molar refractivity (Wildman–Crippen MR) is 85.3 cm³/mol. The molecule has 6 nitrogen and oxygen atoms in total. The first-order chi connectivity index (χ1) is 10.8. The zero-order valence-corrected chi connectivity index (χ0v) is 13.9. The summed E-state index contributed by atoms with van der Waals surface area (Å²) in [5.41, 5.74) is 0.896. The summed E-state index contributed by atoms with van der Waals surface area (Å²) in [5.74, 6) is 1.69. The minimum absolute atomic E-state index is 0.520. The Hall–Kier alpha value is -1.67. The van der Waals surface area contributed by atoms with Crippen LogP contribution in [0.25, 0.3) is 11.5 Å². The van der Waals surface area contributed by atoms with Crippen LogP contribution in [0.1, 0.15) is 24.8 Å². The Labute approximate surface area is 139 Å². The van der Waals surface area contributed by atoms with Crippen LogP contribution in [0.5, 0.6) is 0 Å². The lowest BCUT2D eigenvalue weighted by Crippen LogP contribution is -1.94. The van der Waals surface area contributed by atoms with Crippen molar-refractivity contribution in [3.63, 3.8) is 0 Å². The summed E-state index contributed by atoms with van der Waals surface area (Å²) in [6, 6.07) is 8.35. The van der Waals surface area contributed by atoms with Crippen molar-refractivity contribution in [1.82, 2.24) is 25.0 Å². The highest BCUT2D eigenvalue weighted by atomic mass is 79.9. The van der Waals surface area contributed by atoms with Gasteiger partial charge >= 0.3 is 0 Å². The molecule has 22 heavy (non-hydrogen) atoms. The van der Waals surface area contributed by atoms with E-state index in [0.717, 1.165) is 15.2 Å². The normalized spacial score (nSPS) is 14.4. The third-order valence-corrected chi connectivity index (χ3v) is 5.01. The summed E-state index contributed by atoms with van der Waals surface area (Å²) in [7, 11) is 0. The molecular formula is C14H12BrN5OS. The van der Waals surface area contributed by atoms with Gasteiger partial charge in [-0.1, -0.05) is 23.9 Å². The molecule has 0 amide bonds. The molecule has 2 aromatic heterocycles. The van der Waals surface area contributed by atoms with Crippen LogP contribution in [0, 0.1) is 0 Å². The highest BCUT2D eigenvalue weighted by molar-refractivity contribution is 9.10. The van der Waals surface area contributed by atoms with Gasteiger partial charge in [-0.25, -0.2) is 0 Å². The topological polar surface area (TPSA) is 69.6 Å². The van der Waals surface area contributed by atoms with Crippen molar-refractivity contribution in [3.05, 3.63) is 41.0 Å². The molecule has 0 aliphatic heterocycles. The third kappa shape index (κ3) is 2.80. The number of hydrogen-bond acceptors (Lipinski definition) is 6. The van der Waals surface area contributed by atoms with Crippen molar-refractivity contribution in [2.75, 3.05) is 0 Å². The quantitative estimate of drug-likeness (QED) is 0.631. The van der Waals surface area contributed by atoms with E-state index in [4.69, 9.17) is 4.42 Å². The number of benzene rings is 1. The summed E-state index contributed by atoms with van der Waals surface area (Å²) < 4.78 is 8.79. The molecule has 112 valence electrons. The summed E-state index contributed by atoms with van der Waals surface area (Å²) in [5, 5.41) is 17.3. The molecule has 0 N–H and O–H groups in total. The second-order valence-corrected chi connectivity index (χ2v) is 6.82. The van der Waals surface area contributed by atoms with E-state index in [9.17, 15) is 0 Å². The molecule has 2 heterocycles. The molecule has 0 radical (unpaired) electrons. The molecule has 1 fully saturated rings. The zero-order valence-electron chi connectivity index (χ0n) is 11.5. The molecular weight excluding hydrogens is 366 g/mol. The van der Waals surface area contributed by atoms with E-state index < -0.39 is 0 Å². The summed E-state index contributed by atoms with van der Waals surface area (Å²) in [6.07, 6.45) is 4.21. The highest BCUT2D eigenvalue weighted by Crippen LogP contribution is 2.37. The molecule has 0 spiro atoms. The van der Waals surface area contributed by atoms with Gasteiger partial charge in [0.1, 0.15) is 6.33 Å². The van der Waals surface area contributed by atoms with Crippen LogP contribution < -0.4 is 0 Å². The van der Waals surface area contributed by atoms with Crippen LogP contribution in [-0.2, 0) is 5.75 Å². The SMILES string of the molecule is Brc1ccccc1-c1nnc(CSc2nncn2C2CC2)o1. The number of thioether (sulfide) groups is 1. The van der Waals surface area contributed by atoms with Crippen LogP contribution in [0.15, 0.2) is 44.6 Å². The molecule has 1 aromatic carbocycles. The molecule has 1 aliphatic rings. The van der Waals surface area contributed by atoms with Crippen molar-refractivity contribution >= 4 is 27.7 Å². The van der Waals surface area contributed by atoms with Gasteiger partial charge in [0.25, 0.3) is 0 Å². The molecule has 0 atom stereocenters. The van der Waals surface area contributed by atoms with Gasteiger partial charge in [0.05, 0.1) is 11.3 Å².